The molecule has 1 aliphatic carbocycles. The molecule has 0 aromatic carbocycles. The summed E-state index contributed by atoms with van der Waals surface area (Å²) in [4.78, 5) is 0. The van der Waals surface area contributed by atoms with Gasteiger partial charge in [-0.15, -0.1) is 5.10 Å². The Morgan fingerprint density at radius 1 is 1.43 bits per heavy atom. The van der Waals surface area contributed by atoms with E-state index in [0.29, 0.717) is 6.04 Å². The van der Waals surface area contributed by atoms with Gasteiger partial charge < -0.3 is 5.32 Å². The molecule has 0 spiro atoms. The minimum atomic E-state index is 0.553. The first-order valence-corrected chi connectivity index (χ1v) is 5.33. The second-order valence-electron chi connectivity index (χ2n) is 3.83. The Hall–Kier alpha value is -0.970. The van der Waals surface area contributed by atoms with Crippen molar-refractivity contribution in [3.63, 3.8) is 0 Å². The third-order valence-electron chi connectivity index (χ3n) is 2.83. The van der Waals surface area contributed by atoms with Crippen LogP contribution in [0.5, 0.6) is 0 Å². The van der Waals surface area contributed by atoms with Crippen molar-refractivity contribution in [1.82, 2.24) is 25.5 Å². The predicted octanol–water partition coefficient (Wildman–Crippen LogP) is 0.550. The van der Waals surface area contributed by atoms with Crippen LogP contribution < -0.4 is 5.32 Å². The zero-order valence-corrected chi connectivity index (χ0v) is 8.61. The first kappa shape index (κ1) is 9.58. The molecule has 1 N–H and O–H groups in total. The lowest BCUT2D eigenvalue weighted by molar-refractivity contribution is 0.436. The third kappa shape index (κ3) is 1.92. The summed E-state index contributed by atoms with van der Waals surface area (Å²) in [5.74, 6) is 1.02. The fourth-order valence-corrected chi connectivity index (χ4v) is 2.05. The van der Waals surface area contributed by atoms with E-state index in [1.807, 2.05) is 11.7 Å². The highest BCUT2D eigenvalue weighted by Gasteiger charge is 2.20. The van der Waals surface area contributed by atoms with Crippen LogP contribution in [0.1, 0.15) is 37.5 Å². The number of hydrogen-bond donors (Lipinski definition) is 1. The Bertz CT molecular complexity index is 276. The standard InChI is InChI=1S/C9H17N5/c1-10-7-6-9-11-12-13-14(9)8-4-2-3-5-8/h8,10H,2-7H2,1H3. The Morgan fingerprint density at radius 2 is 2.21 bits per heavy atom. The normalized spacial score (nSPS) is 17.8. The van der Waals surface area contributed by atoms with E-state index >= 15 is 0 Å². The van der Waals surface area contributed by atoms with Gasteiger partial charge in [0.05, 0.1) is 6.04 Å². The van der Waals surface area contributed by atoms with Crippen LogP contribution in [0.3, 0.4) is 0 Å². The molecule has 2 rings (SSSR count). The number of nitrogens with one attached hydrogen (secondary N) is 1. The van der Waals surface area contributed by atoms with Crippen LogP contribution in [0.15, 0.2) is 0 Å². The Balaban J connectivity index is 2.04. The summed E-state index contributed by atoms with van der Waals surface area (Å²) >= 11 is 0. The van der Waals surface area contributed by atoms with Crippen molar-refractivity contribution in [1.29, 1.82) is 0 Å². The van der Waals surface area contributed by atoms with Gasteiger partial charge in [-0.25, -0.2) is 4.68 Å². The SMILES string of the molecule is CNCCc1nnnn1C1CCCC1. The molecule has 0 amide bonds. The van der Waals surface area contributed by atoms with Crippen molar-refractivity contribution in [2.45, 2.75) is 38.1 Å². The van der Waals surface area contributed by atoms with Crippen LogP contribution in [-0.2, 0) is 6.42 Å². The van der Waals surface area contributed by atoms with E-state index in [1.54, 1.807) is 0 Å². The molecule has 14 heavy (non-hydrogen) atoms. The van der Waals surface area contributed by atoms with Crippen LogP contribution in [0.4, 0.5) is 0 Å². The number of aromatic nitrogens is 4. The predicted molar refractivity (Wildman–Crippen MR) is 53.0 cm³/mol. The van der Waals surface area contributed by atoms with Crippen LogP contribution in [0, 0.1) is 0 Å². The summed E-state index contributed by atoms with van der Waals surface area (Å²) in [5.41, 5.74) is 0. The van der Waals surface area contributed by atoms with E-state index in [2.05, 4.69) is 20.8 Å². The molecule has 78 valence electrons. The fourth-order valence-electron chi connectivity index (χ4n) is 2.05. The van der Waals surface area contributed by atoms with E-state index < -0.39 is 0 Å². The van der Waals surface area contributed by atoms with Crippen LogP contribution in [0.2, 0.25) is 0 Å². The van der Waals surface area contributed by atoms with Gasteiger partial charge in [-0.3, -0.25) is 0 Å². The molecule has 1 heterocycles. The van der Waals surface area contributed by atoms with Crippen molar-refractivity contribution < 1.29 is 0 Å². The molecule has 5 heteroatoms. The summed E-state index contributed by atoms with van der Waals surface area (Å²) in [6.07, 6.45) is 6.02. The maximum Gasteiger partial charge on any atom is 0.152 e. The molecule has 0 atom stereocenters. The highest BCUT2D eigenvalue weighted by Crippen LogP contribution is 2.28. The van der Waals surface area contributed by atoms with Crippen molar-refractivity contribution >= 4 is 0 Å². The minimum Gasteiger partial charge on any atom is -0.319 e. The van der Waals surface area contributed by atoms with Gasteiger partial charge >= 0.3 is 0 Å². The number of rotatable bonds is 4. The number of hydrogen-bond acceptors (Lipinski definition) is 4. The Kier molecular flexibility index (Phi) is 3.08. The average Bonchev–Trinajstić information content (AvgIpc) is 2.84. The topological polar surface area (TPSA) is 55.6 Å². The van der Waals surface area contributed by atoms with Crippen molar-refractivity contribution in [2.24, 2.45) is 0 Å². The van der Waals surface area contributed by atoms with Crippen molar-refractivity contribution in [3.05, 3.63) is 5.82 Å². The monoisotopic (exact) mass is 195 g/mol. The smallest absolute Gasteiger partial charge is 0.152 e. The van der Waals surface area contributed by atoms with Gasteiger partial charge in [-0.1, -0.05) is 12.8 Å². The Labute approximate surface area is 83.9 Å². The molecule has 5 nitrogen and oxygen atoms in total. The zero-order chi connectivity index (χ0) is 9.80. The van der Waals surface area contributed by atoms with Crippen LogP contribution in [0.25, 0.3) is 0 Å². The molecule has 0 saturated heterocycles. The minimum absolute atomic E-state index is 0.553. The van der Waals surface area contributed by atoms with Crippen LogP contribution >= 0.6 is 0 Å². The molecule has 1 aliphatic rings. The van der Waals surface area contributed by atoms with Gasteiger partial charge in [-0.2, -0.15) is 0 Å². The van der Waals surface area contributed by atoms with E-state index in [1.165, 1.54) is 25.7 Å². The number of likely N-dealkylation sites (N-methyl/N-ethyl adjacent to an activating group) is 1. The molecule has 0 unspecified atom stereocenters. The second kappa shape index (κ2) is 4.50. The molecule has 1 saturated carbocycles. The average molecular weight is 195 g/mol. The number of tetrazole rings is 1. The van der Waals surface area contributed by atoms with Gasteiger partial charge in [0.1, 0.15) is 0 Å². The summed E-state index contributed by atoms with van der Waals surface area (Å²) in [7, 11) is 1.95. The van der Waals surface area contributed by atoms with E-state index in [4.69, 9.17) is 0 Å². The first-order chi connectivity index (χ1) is 6.92. The molecule has 0 aliphatic heterocycles. The molecule has 1 fully saturated rings. The van der Waals surface area contributed by atoms with Crippen molar-refractivity contribution in [3.8, 4) is 0 Å². The maximum atomic E-state index is 4.08. The Morgan fingerprint density at radius 3 is 2.93 bits per heavy atom. The quantitative estimate of drug-likeness (QED) is 0.762. The van der Waals surface area contributed by atoms with Gasteiger partial charge in [0.15, 0.2) is 5.82 Å². The van der Waals surface area contributed by atoms with E-state index in [-0.39, 0.29) is 0 Å². The molecule has 1 aromatic heterocycles. The third-order valence-corrected chi connectivity index (χ3v) is 2.83. The van der Waals surface area contributed by atoms with E-state index in [9.17, 15) is 0 Å². The second-order valence-corrected chi connectivity index (χ2v) is 3.83. The zero-order valence-electron chi connectivity index (χ0n) is 8.61. The first-order valence-electron chi connectivity index (χ1n) is 5.33. The summed E-state index contributed by atoms with van der Waals surface area (Å²) in [6, 6.07) is 0.553. The summed E-state index contributed by atoms with van der Waals surface area (Å²) in [5, 5.41) is 15.0. The molecular formula is C9H17N5. The van der Waals surface area contributed by atoms with Gasteiger partial charge in [0.2, 0.25) is 0 Å². The lowest BCUT2D eigenvalue weighted by Crippen LogP contribution is -2.16. The molecule has 0 radical (unpaired) electrons. The van der Waals surface area contributed by atoms with Crippen molar-refractivity contribution in [2.75, 3.05) is 13.6 Å². The molecular weight excluding hydrogens is 178 g/mol. The van der Waals surface area contributed by atoms with Gasteiger partial charge in [0.25, 0.3) is 0 Å². The maximum absolute atomic E-state index is 4.08. The molecule has 1 aromatic rings. The van der Waals surface area contributed by atoms with E-state index in [0.717, 1.165) is 18.8 Å². The largest absolute Gasteiger partial charge is 0.319 e. The van der Waals surface area contributed by atoms with Gasteiger partial charge in [0, 0.05) is 13.0 Å². The lowest BCUT2D eigenvalue weighted by atomic mass is 10.2. The van der Waals surface area contributed by atoms with Crippen LogP contribution in [-0.4, -0.2) is 33.8 Å². The highest BCUT2D eigenvalue weighted by molar-refractivity contribution is 4.87. The fraction of sp³-hybridized carbons (Fsp3) is 0.889. The molecule has 0 bridgehead atoms. The highest BCUT2D eigenvalue weighted by atomic mass is 15.5. The van der Waals surface area contributed by atoms with Gasteiger partial charge in [-0.05, 0) is 30.3 Å². The lowest BCUT2D eigenvalue weighted by Gasteiger charge is -2.10. The summed E-state index contributed by atoms with van der Waals surface area (Å²) in [6.45, 7) is 0.938. The summed E-state index contributed by atoms with van der Waals surface area (Å²) < 4.78 is 2.02. The number of nitrogens with zero attached hydrogens (tertiary/aromatic N) is 4.